The lowest BCUT2D eigenvalue weighted by molar-refractivity contribution is 0.0378. The fourth-order valence-electron chi connectivity index (χ4n) is 5.04. The SMILES string of the molecule is Nc1cc(C(=O)NCC2CCN(Cc3cnc(-c4ccccn4)s3)CC2)nc(NCCCN2CCOCC2)c1N. The summed E-state index contributed by atoms with van der Waals surface area (Å²) in [5.41, 5.74) is 14.2. The number of anilines is 3. The van der Waals surface area contributed by atoms with E-state index in [2.05, 4.69) is 35.4 Å². The standard InChI is InChI=1S/C28H39N9O2S/c29-22-16-24(35-26(25(22)30)32-8-3-9-36-12-14-39-15-13-36)27(38)33-17-20-5-10-37(11-6-20)19-21-18-34-28(40-21)23-4-1-2-7-31-23/h1-2,4,7,16,18,20H,3,5-6,8-15,17,19,30H2,(H,33,38)(H3,29,32,35). The van der Waals surface area contributed by atoms with Gasteiger partial charge in [-0.2, -0.15) is 0 Å². The van der Waals surface area contributed by atoms with Crippen molar-refractivity contribution < 1.29 is 9.53 Å². The molecule has 5 rings (SSSR count). The zero-order valence-electron chi connectivity index (χ0n) is 22.8. The summed E-state index contributed by atoms with van der Waals surface area (Å²) in [4.78, 5) is 32.4. The van der Waals surface area contributed by atoms with Gasteiger partial charge in [-0.1, -0.05) is 6.07 Å². The molecule has 0 radical (unpaired) electrons. The molecule has 2 aliphatic heterocycles. The molecular weight excluding hydrogens is 526 g/mol. The molecule has 3 aromatic rings. The van der Waals surface area contributed by atoms with Crippen LogP contribution in [0.2, 0.25) is 0 Å². The number of nitrogens with two attached hydrogens (primary N) is 2. The van der Waals surface area contributed by atoms with E-state index in [9.17, 15) is 4.79 Å². The quantitative estimate of drug-likeness (QED) is 0.256. The van der Waals surface area contributed by atoms with Gasteiger partial charge in [-0.3, -0.25) is 19.6 Å². The Balaban J connectivity index is 1.05. The van der Waals surface area contributed by atoms with Crippen LogP contribution in [0.3, 0.4) is 0 Å². The fourth-order valence-corrected chi connectivity index (χ4v) is 5.98. The van der Waals surface area contributed by atoms with Gasteiger partial charge in [0.25, 0.3) is 5.91 Å². The summed E-state index contributed by atoms with van der Waals surface area (Å²) in [6, 6.07) is 7.44. The number of morpholine rings is 1. The van der Waals surface area contributed by atoms with Gasteiger partial charge in [0.2, 0.25) is 0 Å². The number of thiazole rings is 1. The van der Waals surface area contributed by atoms with Gasteiger partial charge in [-0.15, -0.1) is 11.3 Å². The highest BCUT2D eigenvalue weighted by Crippen LogP contribution is 2.27. The Kier molecular flexibility index (Phi) is 9.76. The number of piperidine rings is 1. The van der Waals surface area contributed by atoms with Crippen molar-refractivity contribution >= 4 is 34.4 Å². The molecule has 0 atom stereocenters. The zero-order valence-corrected chi connectivity index (χ0v) is 23.7. The fraction of sp³-hybridized carbons (Fsp3) is 0.500. The summed E-state index contributed by atoms with van der Waals surface area (Å²) in [5, 5.41) is 7.28. The van der Waals surface area contributed by atoms with E-state index < -0.39 is 0 Å². The largest absolute Gasteiger partial charge is 0.397 e. The van der Waals surface area contributed by atoms with Crippen molar-refractivity contribution in [1.29, 1.82) is 0 Å². The molecule has 0 bridgehead atoms. The zero-order chi connectivity index (χ0) is 27.7. The van der Waals surface area contributed by atoms with E-state index in [-0.39, 0.29) is 11.6 Å². The molecule has 5 heterocycles. The number of carbonyl (C=O) groups is 1. The van der Waals surface area contributed by atoms with Gasteiger partial charge in [-0.25, -0.2) is 9.97 Å². The van der Waals surface area contributed by atoms with Crippen LogP contribution < -0.4 is 22.1 Å². The van der Waals surface area contributed by atoms with Crippen molar-refractivity contribution in [3.8, 4) is 10.7 Å². The molecule has 1 amide bonds. The van der Waals surface area contributed by atoms with Crippen LogP contribution in [-0.2, 0) is 11.3 Å². The van der Waals surface area contributed by atoms with Crippen molar-refractivity contribution in [3.63, 3.8) is 0 Å². The number of aromatic nitrogens is 3. The van der Waals surface area contributed by atoms with Crippen LogP contribution in [0, 0.1) is 5.92 Å². The van der Waals surface area contributed by atoms with Crippen molar-refractivity contribution in [1.82, 2.24) is 30.1 Å². The summed E-state index contributed by atoms with van der Waals surface area (Å²) in [5.74, 6) is 0.668. The predicted octanol–water partition coefficient (Wildman–Crippen LogP) is 2.54. The molecule has 2 saturated heterocycles. The molecule has 6 N–H and O–H groups in total. The van der Waals surface area contributed by atoms with Gasteiger partial charge < -0.3 is 26.8 Å². The normalized spacial score (nSPS) is 17.1. The van der Waals surface area contributed by atoms with Crippen LogP contribution in [0.4, 0.5) is 17.2 Å². The summed E-state index contributed by atoms with van der Waals surface area (Å²) in [6.45, 7) is 8.65. The van der Waals surface area contributed by atoms with Gasteiger partial charge in [0.1, 0.15) is 10.7 Å². The van der Waals surface area contributed by atoms with Crippen LogP contribution in [0.25, 0.3) is 10.7 Å². The third-order valence-electron chi connectivity index (χ3n) is 7.45. The Morgan fingerprint density at radius 3 is 2.70 bits per heavy atom. The maximum Gasteiger partial charge on any atom is 0.270 e. The third kappa shape index (κ3) is 7.66. The number of rotatable bonds is 11. The number of nitrogen functional groups attached to an aromatic ring is 2. The number of carbonyl (C=O) groups excluding carboxylic acids is 1. The molecule has 0 aromatic carbocycles. The number of amides is 1. The number of pyridine rings is 2. The summed E-state index contributed by atoms with van der Waals surface area (Å²) >= 11 is 1.70. The molecule has 0 aliphatic carbocycles. The first-order chi connectivity index (χ1) is 19.5. The molecule has 2 fully saturated rings. The first-order valence-electron chi connectivity index (χ1n) is 14.0. The maximum absolute atomic E-state index is 12.9. The van der Waals surface area contributed by atoms with Crippen molar-refractivity contribution in [3.05, 3.63) is 47.2 Å². The van der Waals surface area contributed by atoms with Crippen LogP contribution in [0.5, 0.6) is 0 Å². The number of nitrogens with one attached hydrogen (secondary N) is 2. The highest BCUT2D eigenvalue weighted by atomic mass is 32.1. The lowest BCUT2D eigenvalue weighted by atomic mass is 9.96. The summed E-state index contributed by atoms with van der Waals surface area (Å²) in [6.07, 6.45) is 6.74. The first-order valence-corrected chi connectivity index (χ1v) is 14.8. The smallest absolute Gasteiger partial charge is 0.270 e. The lowest BCUT2D eigenvalue weighted by Crippen LogP contribution is -2.38. The minimum absolute atomic E-state index is 0.225. The Hall–Kier alpha value is -3.32. The Morgan fingerprint density at radius 1 is 1.10 bits per heavy atom. The summed E-state index contributed by atoms with van der Waals surface area (Å²) < 4.78 is 5.40. The summed E-state index contributed by atoms with van der Waals surface area (Å²) in [7, 11) is 0. The van der Waals surface area contributed by atoms with Gasteiger partial charge in [-0.05, 0) is 63.0 Å². The average molecular weight is 566 g/mol. The predicted molar refractivity (Wildman–Crippen MR) is 159 cm³/mol. The van der Waals surface area contributed by atoms with Gasteiger partial charge >= 0.3 is 0 Å². The maximum atomic E-state index is 12.9. The second kappa shape index (κ2) is 13.8. The van der Waals surface area contributed by atoms with Crippen molar-refractivity contribution in [2.24, 2.45) is 5.92 Å². The van der Waals surface area contributed by atoms with Gasteiger partial charge in [0.15, 0.2) is 5.82 Å². The van der Waals surface area contributed by atoms with Crippen LogP contribution >= 0.6 is 11.3 Å². The van der Waals surface area contributed by atoms with Crippen LogP contribution in [0.15, 0.2) is 36.7 Å². The molecular formula is C28H39N9O2S. The topological polar surface area (TPSA) is 148 Å². The van der Waals surface area contributed by atoms with E-state index in [1.807, 2.05) is 24.4 Å². The lowest BCUT2D eigenvalue weighted by Gasteiger charge is -2.31. The monoisotopic (exact) mass is 565 g/mol. The Bertz CT molecular complexity index is 1240. The van der Waals surface area contributed by atoms with Crippen LogP contribution in [0.1, 0.15) is 34.6 Å². The number of nitrogens with zero attached hydrogens (tertiary/aromatic N) is 5. The van der Waals surface area contributed by atoms with E-state index in [1.54, 1.807) is 23.6 Å². The van der Waals surface area contributed by atoms with E-state index in [1.165, 1.54) is 4.88 Å². The second-order valence-electron chi connectivity index (χ2n) is 10.4. The van der Waals surface area contributed by atoms with Gasteiger partial charge in [0, 0.05) is 50.0 Å². The molecule has 40 heavy (non-hydrogen) atoms. The molecule has 0 unspecified atom stereocenters. The Morgan fingerprint density at radius 2 is 1.93 bits per heavy atom. The van der Waals surface area contributed by atoms with E-state index >= 15 is 0 Å². The molecule has 12 heteroatoms. The van der Waals surface area contributed by atoms with E-state index in [4.69, 9.17) is 16.2 Å². The molecule has 3 aromatic heterocycles. The second-order valence-corrected chi connectivity index (χ2v) is 11.5. The molecule has 2 aliphatic rings. The van der Waals surface area contributed by atoms with Gasteiger partial charge in [0.05, 0.1) is 30.3 Å². The molecule has 0 spiro atoms. The highest BCUT2D eigenvalue weighted by Gasteiger charge is 2.22. The molecule has 0 saturated carbocycles. The molecule has 214 valence electrons. The number of hydrogen-bond donors (Lipinski definition) is 4. The highest BCUT2D eigenvalue weighted by molar-refractivity contribution is 7.14. The minimum Gasteiger partial charge on any atom is -0.397 e. The van der Waals surface area contributed by atoms with E-state index in [0.717, 1.165) is 82.4 Å². The number of likely N-dealkylation sites (tertiary alicyclic amines) is 1. The van der Waals surface area contributed by atoms with Crippen molar-refractivity contribution in [2.75, 3.05) is 75.8 Å². The molecule has 11 nitrogen and oxygen atoms in total. The third-order valence-corrected chi connectivity index (χ3v) is 8.45. The number of ether oxygens (including phenoxy) is 1. The van der Waals surface area contributed by atoms with E-state index in [0.29, 0.717) is 36.2 Å². The average Bonchev–Trinajstić information content (AvgIpc) is 3.46. The Labute approximate surface area is 239 Å². The van der Waals surface area contributed by atoms with Crippen molar-refractivity contribution in [2.45, 2.75) is 25.8 Å². The van der Waals surface area contributed by atoms with Crippen LogP contribution in [-0.4, -0.2) is 89.7 Å². The first kappa shape index (κ1) is 28.2. The minimum atomic E-state index is -0.225. The number of hydrogen-bond acceptors (Lipinski definition) is 11.